The number of carboxylic acid groups (broad SMARTS) is 1. The highest BCUT2D eigenvalue weighted by atomic mass is 32.1. The molecule has 2 N–H and O–H groups in total. The molecule has 158 valence electrons. The van der Waals surface area contributed by atoms with E-state index in [0.717, 1.165) is 33.6 Å². The number of nitrogens with one attached hydrogen (secondary N) is 1. The minimum atomic E-state index is -1.14. The molecule has 31 heavy (non-hydrogen) atoms. The van der Waals surface area contributed by atoms with Crippen molar-refractivity contribution >= 4 is 28.4 Å². The number of carbonyl (C=O) groups is 2. The summed E-state index contributed by atoms with van der Waals surface area (Å²) in [6, 6.07) is 17.7. The van der Waals surface area contributed by atoms with Gasteiger partial charge in [0.15, 0.2) is 0 Å². The van der Waals surface area contributed by atoms with E-state index in [0.29, 0.717) is 4.88 Å². The van der Waals surface area contributed by atoms with Crippen LogP contribution < -0.4 is 5.32 Å². The minimum Gasteiger partial charge on any atom is -0.481 e. The molecule has 1 amide bonds. The number of ether oxygens (including phenoxy) is 1. The van der Waals surface area contributed by atoms with Crippen molar-refractivity contribution in [2.45, 2.75) is 18.4 Å². The first-order valence-corrected chi connectivity index (χ1v) is 10.3. The zero-order valence-electron chi connectivity index (χ0n) is 16.2. The van der Waals surface area contributed by atoms with Gasteiger partial charge in [0.05, 0.1) is 17.4 Å². The van der Waals surface area contributed by atoms with Gasteiger partial charge < -0.3 is 15.2 Å². The normalized spacial score (nSPS) is 13.2. The van der Waals surface area contributed by atoms with Crippen LogP contribution in [0.15, 0.2) is 60.7 Å². The monoisotopic (exact) mass is 438 g/mol. The van der Waals surface area contributed by atoms with Crippen LogP contribution in [0.2, 0.25) is 0 Å². The Morgan fingerprint density at radius 3 is 2.23 bits per heavy atom. The lowest BCUT2D eigenvalue weighted by molar-refractivity contribution is -0.380. The molecule has 9 heteroatoms. The van der Waals surface area contributed by atoms with E-state index in [1.165, 1.54) is 12.1 Å². The standard InChI is InChI=1S/C22H18N2O6S/c25-21(26)11-18(19-9-10-20(31-19)24(28)29)23-22(27)30-12-17-15-7-3-1-5-13(15)14-6-2-4-8-16(14)17/h1-10,17-18H,11-12H2,(H,23,27)(H,25,26)/t18-/m0/s1. The smallest absolute Gasteiger partial charge is 0.407 e. The van der Waals surface area contributed by atoms with E-state index < -0.39 is 29.4 Å². The van der Waals surface area contributed by atoms with Gasteiger partial charge in [-0.3, -0.25) is 14.9 Å². The van der Waals surface area contributed by atoms with Crippen LogP contribution in [0.25, 0.3) is 11.1 Å². The van der Waals surface area contributed by atoms with E-state index in [9.17, 15) is 24.8 Å². The molecule has 0 saturated carbocycles. The Kier molecular flexibility index (Phi) is 5.68. The molecule has 1 heterocycles. The van der Waals surface area contributed by atoms with Gasteiger partial charge in [-0.2, -0.15) is 0 Å². The third-order valence-corrected chi connectivity index (χ3v) is 6.30. The Morgan fingerprint density at radius 1 is 1.06 bits per heavy atom. The number of thiophene rings is 1. The molecule has 8 nitrogen and oxygen atoms in total. The predicted octanol–water partition coefficient (Wildman–Crippen LogP) is 4.71. The average Bonchev–Trinajstić information content (AvgIpc) is 3.35. The van der Waals surface area contributed by atoms with Gasteiger partial charge in [0.2, 0.25) is 0 Å². The Labute approximate surface area is 181 Å². The third-order valence-electron chi connectivity index (χ3n) is 5.15. The van der Waals surface area contributed by atoms with Crippen LogP contribution in [0.5, 0.6) is 0 Å². The molecule has 2 aromatic carbocycles. The van der Waals surface area contributed by atoms with Crippen molar-refractivity contribution in [3.63, 3.8) is 0 Å². The van der Waals surface area contributed by atoms with Crippen LogP contribution in [-0.2, 0) is 9.53 Å². The molecule has 0 saturated heterocycles. The molecule has 1 aliphatic carbocycles. The Morgan fingerprint density at radius 2 is 1.68 bits per heavy atom. The largest absolute Gasteiger partial charge is 0.481 e. The van der Waals surface area contributed by atoms with Crippen LogP contribution in [0.4, 0.5) is 9.80 Å². The van der Waals surface area contributed by atoms with Crippen molar-refractivity contribution in [3.8, 4) is 11.1 Å². The summed E-state index contributed by atoms with van der Waals surface area (Å²) in [6.07, 6.45) is -1.19. The Hall–Kier alpha value is -3.72. The number of carboxylic acids is 1. The van der Waals surface area contributed by atoms with E-state index in [1.54, 1.807) is 0 Å². The zero-order chi connectivity index (χ0) is 22.0. The Balaban J connectivity index is 1.47. The summed E-state index contributed by atoms with van der Waals surface area (Å²) in [5.41, 5.74) is 4.32. The number of carbonyl (C=O) groups excluding carboxylic acids is 1. The molecule has 1 aromatic heterocycles. The van der Waals surface area contributed by atoms with Crippen molar-refractivity contribution in [2.75, 3.05) is 6.61 Å². The van der Waals surface area contributed by atoms with E-state index >= 15 is 0 Å². The topological polar surface area (TPSA) is 119 Å². The third kappa shape index (κ3) is 4.26. The van der Waals surface area contributed by atoms with Gasteiger partial charge in [0.25, 0.3) is 0 Å². The lowest BCUT2D eigenvalue weighted by Crippen LogP contribution is -2.31. The maximum absolute atomic E-state index is 12.5. The van der Waals surface area contributed by atoms with Gasteiger partial charge in [0.1, 0.15) is 6.61 Å². The highest BCUT2D eigenvalue weighted by molar-refractivity contribution is 7.15. The van der Waals surface area contributed by atoms with Gasteiger partial charge in [-0.05, 0) is 28.3 Å². The van der Waals surface area contributed by atoms with Crippen LogP contribution in [0.1, 0.15) is 34.4 Å². The lowest BCUT2D eigenvalue weighted by atomic mass is 9.98. The molecule has 4 rings (SSSR count). The average molecular weight is 438 g/mol. The first kappa shape index (κ1) is 20.5. The second kappa shape index (κ2) is 8.57. The number of fused-ring (bicyclic) bond motifs is 3. The number of amides is 1. The number of hydrogen-bond donors (Lipinski definition) is 2. The number of alkyl carbamates (subject to hydrolysis) is 1. The first-order chi connectivity index (χ1) is 14.9. The molecular formula is C22H18N2O6S. The van der Waals surface area contributed by atoms with Crippen LogP contribution in [0.3, 0.4) is 0 Å². The summed E-state index contributed by atoms with van der Waals surface area (Å²) >= 11 is 0.825. The molecule has 0 aliphatic heterocycles. The van der Waals surface area contributed by atoms with Gasteiger partial charge in [-0.25, -0.2) is 4.79 Å². The fourth-order valence-electron chi connectivity index (χ4n) is 3.81. The summed E-state index contributed by atoms with van der Waals surface area (Å²) in [4.78, 5) is 34.4. The lowest BCUT2D eigenvalue weighted by Gasteiger charge is -2.18. The maximum Gasteiger partial charge on any atom is 0.407 e. The van der Waals surface area contributed by atoms with Crippen molar-refractivity contribution in [2.24, 2.45) is 0 Å². The van der Waals surface area contributed by atoms with Gasteiger partial charge >= 0.3 is 17.1 Å². The summed E-state index contributed by atoms with van der Waals surface area (Å²) in [5.74, 6) is -1.26. The van der Waals surface area contributed by atoms with Crippen LogP contribution in [0, 0.1) is 10.1 Å². The van der Waals surface area contributed by atoms with Crippen molar-refractivity contribution in [1.29, 1.82) is 0 Å². The highest BCUT2D eigenvalue weighted by Crippen LogP contribution is 2.44. The highest BCUT2D eigenvalue weighted by Gasteiger charge is 2.30. The minimum absolute atomic E-state index is 0.0875. The molecular weight excluding hydrogens is 420 g/mol. The molecule has 1 atom stereocenters. The van der Waals surface area contributed by atoms with Gasteiger partial charge in [-0.1, -0.05) is 59.9 Å². The molecule has 0 radical (unpaired) electrons. The van der Waals surface area contributed by atoms with Gasteiger partial charge in [-0.15, -0.1) is 0 Å². The molecule has 0 spiro atoms. The number of nitrogens with zero attached hydrogens (tertiary/aromatic N) is 1. The number of aliphatic carboxylic acids is 1. The van der Waals surface area contributed by atoms with Crippen LogP contribution >= 0.6 is 11.3 Å². The fraction of sp³-hybridized carbons (Fsp3) is 0.182. The SMILES string of the molecule is O=C(O)C[C@H](NC(=O)OCC1c2ccccc2-c2ccccc21)c1ccc([N+](=O)[O-])s1. The number of nitro groups is 1. The Bertz CT molecular complexity index is 1110. The summed E-state index contributed by atoms with van der Waals surface area (Å²) < 4.78 is 5.46. The number of rotatable bonds is 7. The van der Waals surface area contributed by atoms with E-state index in [-0.39, 0.29) is 17.5 Å². The van der Waals surface area contributed by atoms with Crippen LogP contribution in [-0.4, -0.2) is 28.7 Å². The first-order valence-electron chi connectivity index (χ1n) is 9.51. The predicted molar refractivity (Wildman–Crippen MR) is 114 cm³/mol. The second-order valence-corrected chi connectivity index (χ2v) is 8.15. The summed E-state index contributed by atoms with van der Waals surface area (Å²) in [7, 11) is 0. The van der Waals surface area contributed by atoms with Crippen molar-refractivity contribution in [3.05, 3.63) is 86.8 Å². The molecule has 0 unspecified atom stereocenters. The van der Waals surface area contributed by atoms with E-state index in [4.69, 9.17) is 4.74 Å². The number of hydrogen-bond acceptors (Lipinski definition) is 6. The summed E-state index contributed by atoms with van der Waals surface area (Å²) in [5, 5.41) is 22.5. The molecule has 1 aliphatic rings. The second-order valence-electron chi connectivity index (χ2n) is 7.05. The molecule has 0 fully saturated rings. The van der Waals surface area contributed by atoms with E-state index in [2.05, 4.69) is 5.32 Å². The van der Waals surface area contributed by atoms with Crippen molar-refractivity contribution < 1.29 is 24.4 Å². The quantitative estimate of drug-likeness (QED) is 0.407. The summed E-state index contributed by atoms with van der Waals surface area (Å²) in [6.45, 7) is 0.0875. The number of benzene rings is 2. The zero-order valence-corrected chi connectivity index (χ0v) is 17.0. The molecule has 3 aromatic rings. The van der Waals surface area contributed by atoms with Crippen molar-refractivity contribution in [1.82, 2.24) is 5.32 Å². The molecule has 0 bridgehead atoms. The maximum atomic E-state index is 12.5. The van der Waals surface area contributed by atoms with Gasteiger partial charge in [0, 0.05) is 16.9 Å². The van der Waals surface area contributed by atoms with E-state index in [1.807, 2.05) is 48.5 Å². The fourth-order valence-corrected chi connectivity index (χ4v) is 4.68.